The normalized spacial score (nSPS) is 17.2. The number of pyridine rings is 1. The molecule has 3 aromatic heterocycles. The van der Waals surface area contributed by atoms with Crippen LogP contribution in [0.5, 0.6) is 0 Å². The fourth-order valence-electron chi connectivity index (χ4n) is 3.35. The zero-order valence-corrected chi connectivity index (χ0v) is 14.3. The predicted octanol–water partition coefficient (Wildman–Crippen LogP) is 2.27. The van der Waals surface area contributed by atoms with Crippen molar-refractivity contribution in [1.82, 2.24) is 19.9 Å². The summed E-state index contributed by atoms with van der Waals surface area (Å²) in [6.45, 7) is 3.38. The molecular formula is C18H20N6O. The first kappa shape index (κ1) is 15.6. The lowest BCUT2D eigenvalue weighted by Gasteiger charge is -2.26. The number of aromatic amines is 1. The number of anilines is 2. The molecule has 0 aromatic carbocycles. The van der Waals surface area contributed by atoms with Gasteiger partial charge >= 0.3 is 0 Å². The number of ketones is 1. The molecule has 7 nitrogen and oxygen atoms in total. The van der Waals surface area contributed by atoms with Gasteiger partial charge in [-0.05, 0) is 31.5 Å². The molecule has 128 valence electrons. The van der Waals surface area contributed by atoms with Crippen molar-refractivity contribution in [2.24, 2.45) is 0 Å². The van der Waals surface area contributed by atoms with Crippen LogP contribution >= 0.6 is 0 Å². The Bertz CT molecular complexity index is 903. The summed E-state index contributed by atoms with van der Waals surface area (Å²) in [7, 11) is 2.05. The molecule has 1 aliphatic rings. The van der Waals surface area contributed by atoms with E-state index in [0.717, 1.165) is 42.2 Å². The lowest BCUT2D eigenvalue weighted by Crippen LogP contribution is -2.35. The maximum atomic E-state index is 11.4. The minimum Gasteiger partial charge on any atom is -0.355 e. The molecule has 1 saturated heterocycles. The van der Waals surface area contributed by atoms with Gasteiger partial charge in [0.25, 0.3) is 0 Å². The van der Waals surface area contributed by atoms with Gasteiger partial charge in [-0.3, -0.25) is 4.79 Å². The smallest absolute Gasteiger partial charge is 0.161 e. The van der Waals surface area contributed by atoms with Crippen LogP contribution in [0.4, 0.5) is 11.6 Å². The lowest BCUT2D eigenvalue weighted by atomic mass is 10.2. The molecule has 0 bridgehead atoms. The number of rotatable bonds is 4. The molecule has 0 spiro atoms. The van der Waals surface area contributed by atoms with Crippen LogP contribution in [0.2, 0.25) is 0 Å². The highest BCUT2D eigenvalue weighted by Crippen LogP contribution is 2.28. The molecular weight excluding hydrogens is 316 g/mol. The van der Waals surface area contributed by atoms with E-state index in [2.05, 4.69) is 36.8 Å². The monoisotopic (exact) mass is 336 g/mol. The summed E-state index contributed by atoms with van der Waals surface area (Å²) in [5, 5.41) is 1.05. The lowest BCUT2D eigenvalue weighted by molar-refractivity contribution is 0.101. The standard InChI is InChI=1S/C18H20N6O/c1-12(25)13-3-4-16(20-9-13)23(2)14-6-8-24(10-14)18-15-5-7-19-17(15)21-11-22-18/h3-5,7,9,11,14H,6,8,10H2,1-2H3,(H,19,21,22). The summed E-state index contributed by atoms with van der Waals surface area (Å²) in [6, 6.07) is 6.11. The Labute approximate surface area is 145 Å². The number of Topliss-reactive ketones (excluding diaryl/α,β-unsaturated/α-hetero) is 1. The second-order valence-corrected chi connectivity index (χ2v) is 6.40. The topological polar surface area (TPSA) is 78.0 Å². The third-order valence-electron chi connectivity index (χ3n) is 4.86. The average molecular weight is 336 g/mol. The summed E-state index contributed by atoms with van der Waals surface area (Å²) in [4.78, 5) is 32.2. The summed E-state index contributed by atoms with van der Waals surface area (Å²) in [5.41, 5.74) is 1.50. The molecule has 0 amide bonds. The van der Waals surface area contributed by atoms with E-state index < -0.39 is 0 Å². The maximum Gasteiger partial charge on any atom is 0.161 e. The molecule has 4 rings (SSSR count). The van der Waals surface area contributed by atoms with Crippen LogP contribution < -0.4 is 9.80 Å². The number of nitrogens with one attached hydrogen (secondary N) is 1. The first-order chi connectivity index (χ1) is 12.1. The molecule has 1 atom stereocenters. The summed E-state index contributed by atoms with van der Waals surface area (Å²) in [6.07, 6.45) is 6.17. The van der Waals surface area contributed by atoms with E-state index in [1.54, 1.807) is 19.4 Å². The molecule has 1 fully saturated rings. The minimum absolute atomic E-state index is 0.0352. The molecule has 4 heterocycles. The fraction of sp³-hybridized carbons (Fsp3) is 0.333. The number of fused-ring (bicyclic) bond motifs is 1. The zero-order valence-electron chi connectivity index (χ0n) is 14.3. The van der Waals surface area contributed by atoms with E-state index in [1.165, 1.54) is 0 Å². The Kier molecular flexibility index (Phi) is 3.83. The van der Waals surface area contributed by atoms with Gasteiger partial charge < -0.3 is 14.8 Å². The van der Waals surface area contributed by atoms with Gasteiger partial charge in [0.05, 0.1) is 5.39 Å². The highest BCUT2D eigenvalue weighted by Gasteiger charge is 2.28. The van der Waals surface area contributed by atoms with Crippen LogP contribution in [0.1, 0.15) is 23.7 Å². The van der Waals surface area contributed by atoms with Crippen LogP contribution in [0.15, 0.2) is 36.9 Å². The van der Waals surface area contributed by atoms with Gasteiger partial charge in [-0.15, -0.1) is 0 Å². The number of carbonyl (C=O) groups is 1. The van der Waals surface area contributed by atoms with Crippen molar-refractivity contribution in [1.29, 1.82) is 0 Å². The van der Waals surface area contributed by atoms with E-state index in [1.807, 2.05) is 24.4 Å². The van der Waals surface area contributed by atoms with Crippen molar-refractivity contribution < 1.29 is 4.79 Å². The SMILES string of the molecule is CC(=O)c1ccc(N(C)C2CCN(c3ncnc4[nH]ccc34)C2)nc1. The largest absolute Gasteiger partial charge is 0.355 e. The molecule has 0 aliphatic carbocycles. The Balaban J connectivity index is 1.52. The Morgan fingerprint density at radius 1 is 1.28 bits per heavy atom. The van der Waals surface area contributed by atoms with Crippen LogP contribution in [0.3, 0.4) is 0 Å². The molecule has 1 unspecified atom stereocenters. The molecule has 1 aliphatic heterocycles. The van der Waals surface area contributed by atoms with E-state index in [4.69, 9.17) is 0 Å². The van der Waals surface area contributed by atoms with Gasteiger partial charge in [0.15, 0.2) is 5.78 Å². The van der Waals surface area contributed by atoms with Crippen molar-refractivity contribution in [2.75, 3.05) is 29.9 Å². The molecule has 0 saturated carbocycles. The fourth-order valence-corrected chi connectivity index (χ4v) is 3.35. The van der Waals surface area contributed by atoms with Crippen molar-refractivity contribution >= 4 is 28.5 Å². The first-order valence-electron chi connectivity index (χ1n) is 8.36. The highest BCUT2D eigenvalue weighted by molar-refractivity contribution is 5.93. The van der Waals surface area contributed by atoms with Crippen molar-refractivity contribution in [3.05, 3.63) is 42.5 Å². The van der Waals surface area contributed by atoms with Crippen LogP contribution in [-0.2, 0) is 0 Å². The van der Waals surface area contributed by atoms with Gasteiger partial charge in [-0.2, -0.15) is 0 Å². The highest BCUT2D eigenvalue weighted by atomic mass is 16.1. The number of likely N-dealkylation sites (N-methyl/N-ethyl adjacent to an activating group) is 1. The molecule has 0 radical (unpaired) electrons. The Hall–Kier alpha value is -2.96. The van der Waals surface area contributed by atoms with Crippen LogP contribution in [0.25, 0.3) is 11.0 Å². The number of aromatic nitrogens is 4. The molecule has 7 heteroatoms. The van der Waals surface area contributed by atoms with Crippen molar-refractivity contribution in [2.45, 2.75) is 19.4 Å². The average Bonchev–Trinajstić information content (AvgIpc) is 3.30. The van der Waals surface area contributed by atoms with E-state index >= 15 is 0 Å². The Morgan fingerprint density at radius 3 is 2.92 bits per heavy atom. The quantitative estimate of drug-likeness (QED) is 0.737. The summed E-state index contributed by atoms with van der Waals surface area (Å²) < 4.78 is 0. The van der Waals surface area contributed by atoms with Crippen molar-refractivity contribution in [3.63, 3.8) is 0 Å². The van der Waals surface area contributed by atoms with Gasteiger partial charge in [-0.25, -0.2) is 15.0 Å². The van der Waals surface area contributed by atoms with Gasteiger partial charge in [-0.1, -0.05) is 0 Å². The number of hydrogen-bond donors (Lipinski definition) is 1. The number of carbonyl (C=O) groups excluding carboxylic acids is 1. The first-order valence-corrected chi connectivity index (χ1v) is 8.36. The molecule has 1 N–H and O–H groups in total. The Morgan fingerprint density at radius 2 is 2.16 bits per heavy atom. The van der Waals surface area contributed by atoms with E-state index in [-0.39, 0.29) is 5.78 Å². The third-order valence-corrected chi connectivity index (χ3v) is 4.86. The van der Waals surface area contributed by atoms with Gasteiger partial charge in [0.2, 0.25) is 0 Å². The maximum absolute atomic E-state index is 11.4. The van der Waals surface area contributed by atoms with E-state index in [9.17, 15) is 4.79 Å². The second-order valence-electron chi connectivity index (χ2n) is 6.40. The summed E-state index contributed by atoms with van der Waals surface area (Å²) >= 11 is 0. The van der Waals surface area contributed by atoms with Gasteiger partial charge in [0.1, 0.15) is 23.6 Å². The number of nitrogens with zero attached hydrogens (tertiary/aromatic N) is 5. The van der Waals surface area contributed by atoms with Crippen LogP contribution in [0, 0.1) is 0 Å². The summed E-state index contributed by atoms with van der Waals surface area (Å²) in [5.74, 6) is 1.89. The van der Waals surface area contributed by atoms with E-state index in [0.29, 0.717) is 11.6 Å². The number of hydrogen-bond acceptors (Lipinski definition) is 6. The second kappa shape index (κ2) is 6.16. The van der Waals surface area contributed by atoms with Gasteiger partial charge in [0, 0.05) is 44.1 Å². The zero-order chi connectivity index (χ0) is 17.4. The molecule has 25 heavy (non-hydrogen) atoms. The predicted molar refractivity (Wildman–Crippen MR) is 97.2 cm³/mol. The third kappa shape index (κ3) is 2.82. The van der Waals surface area contributed by atoms with Crippen LogP contribution in [-0.4, -0.2) is 51.9 Å². The number of H-pyrrole nitrogens is 1. The molecule has 3 aromatic rings. The van der Waals surface area contributed by atoms with Crippen molar-refractivity contribution in [3.8, 4) is 0 Å². The minimum atomic E-state index is 0.0352.